The molecule has 4 rings (SSSR count). The van der Waals surface area contributed by atoms with E-state index in [1.807, 2.05) is 0 Å². The van der Waals surface area contributed by atoms with Crippen molar-refractivity contribution in [2.45, 2.75) is 44.2 Å². The molecule has 0 bridgehead atoms. The van der Waals surface area contributed by atoms with Gasteiger partial charge in [0.15, 0.2) is 0 Å². The smallest absolute Gasteiger partial charge is 0.239 e. The summed E-state index contributed by atoms with van der Waals surface area (Å²) < 4.78 is 0. The van der Waals surface area contributed by atoms with Crippen LogP contribution >= 0.6 is 0 Å². The molecule has 4 heterocycles. The highest BCUT2D eigenvalue weighted by molar-refractivity contribution is 5.82. The number of amides is 1. The Morgan fingerprint density at radius 3 is 2.27 bits per heavy atom. The van der Waals surface area contributed by atoms with E-state index < -0.39 is 0 Å². The van der Waals surface area contributed by atoms with Crippen molar-refractivity contribution in [3.8, 4) is 0 Å². The largest absolute Gasteiger partial charge is 0.339 e. The van der Waals surface area contributed by atoms with E-state index in [1.165, 1.54) is 32.4 Å². The Kier molecular flexibility index (Phi) is 6.10. The summed E-state index contributed by atoms with van der Waals surface area (Å²) in [4.78, 5) is 15.0. The molecule has 0 aliphatic carbocycles. The van der Waals surface area contributed by atoms with Crippen molar-refractivity contribution < 1.29 is 4.79 Å². The number of carbonyl (C=O) groups is 1. The molecular weight excluding hydrogens is 328 g/mol. The summed E-state index contributed by atoms with van der Waals surface area (Å²) >= 11 is 0. The van der Waals surface area contributed by atoms with Gasteiger partial charge in [0.05, 0.1) is 6.04 Å². The zero-order chi connectivity index (χ0) is 17.9. The normalized spacial score (nSPS) is 37.8. The van der Waals surface area contributed by atoms with Crippen LogP contribution in [0.2, 0.25) is 0 Å². The van der Waals surface area contributed by atoms with Gasteiger partial charge in [-0.05, 0) is 57.0 Å². The number of piperazine rings is 1. The number of nitrogens with zero attached hydrogens (tertiary/aromatic N) is 3. The lowest BCUT2D eigenvalue weighted by molar-refractivity contribution is -0.139. The van der Waals surface area contributed by atoms with Crippen molar-refractivity contribution >= 4 is 5.91 Å². The third kappa shape index (κ3) is 4.07. The molecule has 4 unspecified atom stereocenters. The van der Waals surface area contributed by atoms with Gasteiger partial charge in [0.2, 0.25) is 5.91 Å². The predicted molar refractivity (Wildman–Crippen MR) is 102 cm³/mol. The highest BCUT2D eigenvalue weighted by Gasteiger charge is 2.36. The fourth-order valence-electron chi connectivity index (χ4n) is 5.35. The molecule has 0 saturated carbocycles. The highest BCUT2D eigenvalue weighted by Crippen LogP contribution is 2.28. The van der Waals surface area contributed by atoms with Gasteiger partial charge in [-0.1, -0.05) is 0 Å². The van der Waals surface area contributed by atoms with Crippen molar-refractivity contribution in [2.75, 3.05) is 58.9 Å². The van der Waals surface area contributed by atoms with Crippen LogP contribution in [0, 0.1) is 11.8 Å². The van der Waals surface area contributed by atoms with E-state index in [0.29, 0.717) is 17.7 Å². The number of hydrogen-bond acceptors (Lipinski definition) is 6. The van der Waals surface area contributed by atoms with Crippen molar-refractivity contribution in [2.24, 2.45) is 17.6 Å². The molecule has 4 atom stereocenters. The molecule has 4 N–H and O–H groups in total. The van der Waals surface area contributed by atoms with E-state index in [2.05, 4.69) is 25.6 Å². The van der Waals surface area contributed by atoms with E-state index in [0.717, 1.165) is 58.7 Å². The zero-order valence-electron chi connectivity index (χ0n) is 16.0. The van der Waals surface area contributed by atoms with Gasteiger partial charge in [-0.15, -0.1) is 0 Å². The van der Waals surface area contributed by atoms with Crippen molar-refractivity contribution in [3.05, 3.63) is 0 Å². The maximum atomic E-state index is 12.9. The van der Waals surface area contributed by atoms with Gasteiger partial charge in [0.25, 0.3) is 0 Å². The van der Waals surface area contributed by atoms with Gasteiger partial charge in [0, 0.05) is 51.9 Å². The summed E-state index contributed by atoms with van der Waals surface area (Å²) in [7, 11) is 0. The van der Waals surface area contributed by atoms with Crippen LogP contribution in [0.5, 0.6) is 0 Å². The van der Waals surface area contributed by atoms with Crippen LogP contribution in [0.15, 0.2) is 0 Å². The maximum absolute atomic E-state index is 12.9. The van der Waals surface area contributed by atoms with E-state index in [1.54, 1.807) is 0 Å². The van der Waals surface area contributed by atoms with Gasteiger partial charge in [-0.25, -0.2) is 10.0 Å². The molecule has 0 spiro atoms. The molecule has 0 aromatic heterocycles. The molecular formula is C19H36N6O. The Balaban J connectivity index is 1.22. The molecule has 7 heteroatoms. The first-order valence-electron chi connectivity index (χ1n) is 10.7. The lowest BCUT2D eigenvalue weighted by atomic mass is 9.77. The first-order chi connectivity index (χ1) is 12.7. The van der Waals surface area contributed by atoms with Crippen molar-refractivity contribution in [3.63, 3.8) is 0 Å². The first-order valence-corrected chi connectivity index (χ1v) is 10.7. The monoisotopic (exact) mass is 364 g/mol. The Hall–Kier alpha value is -0.730. The molecule has 148 valence electrons. The van der Waals surface area contributed by atoms with Gasteiger partial charge >= 0.3 is 0 Å². The van der Waals surface area contributed by atoms with Crippen LogP contribution in [0.4, 0.5) is 0 Å². The molecule has 4 aliphatic rings. The second-order valence-electron chi connectivity index (χ2n) is 8.56. The third-order valence-electron chi connectivity index (χ3n) is 6.99. The maximum Gasteiger partial charge on any atom is 0.239 e. The summed E-state index contributed by atoms with van der Waals surface area (Å²) in [6.45, 7) is 9.07. The second-order valence-corrected chi connectivity index (χ2v) is 8.56. The molecule has 0 aromatic rings. The Bertz CT molecular complexity index is 467. The van der Waals surface area contributed by atoms with E-state index in [-0.39, 0.29) is 12.1 Å². The molecule has 7 nitrogen and oxygen atoms in total. The number of piperidine rings is 2. The van der Waals surface area contributed by atoms with Gasteiger partial charge in [0.1, 0.15) is 0 Å². The number of nitrogens with one attached hydrogen (secondary N) is 2. The number of rotatable bonds is 3. The summed E-state index contributed by atoms with van der Waals surface area (Å²) in [5.41, 5.74) is 6.31. The Morgan fingerprint density at radius 2 is 1.62 bits per heavy atom. The highest BCUT2D eigenvalue weighted by atomic mass is 16.2. The minimum atomic E-state index is 0.0162. The summed E-state index contributed by atoms with van der Waals surface area (Å²) in [6.07, 6.45) is 5.90. The second kappa shape index (κ2) is 8.52. The summed E-state index contributed by atoms with van der Waals surface area (Å²) in [5.74, 6) is 1.55. The van der Waals surface area contributed by atoms with Crippen LogP contribution in [-0.2, 0) is 4.79 Å². The lowest BCUT2D eigenvalue weighted by Gasteiger charge is -2.42. The van der Waals surface area contributed by atoms with E-state index in [9.17, 15) is 4.79 Å². The number of hydrogen-bond donors (Lipinski definition) is 3. The average Bonchev–Trinajstić information content (AvgIpc) is 3.23. The standard InChI is InChI=1S/C19H36N6O/c20-17-14-21-6-5-16(17)15-3-4-18(22-13-15)19(26)23-9-11-25(12-10-23)24-7-1-2-8-24/h15-18,21-22H,1-14,20H2. The lowest BCUT2D eigenvalue weighted by Crippen LogP contribution is -2.59. The van der Waals surface area contributed by atoms with Gasteiger partial charge < -0.3 is 21.3 Å². The topological polar surface area (TPSA) is 76.9 Å². The van der Waals surface area contributed by atoms with Crippen LogP contribution in [0.25, 0.3) is 0 Å². The Labute approximate surface area is 157 Å². The number of carbonyl (C=O) groups excluding carboxylic acids is 1. The van der Waals surface area contributed by atoms with Crippen LogP contribution < -0.4 is 16.4 Å². The van der Waals surface area contributed by atoms with E-state index in [4.69, 9.17) is 5.73 Å². The average molecular weight is 365 g/mol. The first kappa shape index (κ1) is 18.6. The fourth-order valence-corrected chi connectivity index (χ4v) is 5.35. The van der Waals surface area contributed by atoms with Crippen LogP contribution in [-0.4, -0.2) is 91.8 Å². The molecule has 0 radical (unpaired) electrons. The fraction of sp³-hybridized carbons (Fsp3) is 0.947. The molecule has 4 aliphatic heterocycles. The van der Waals surface area contributed by atoms with Gasteiger partial charge in [-0.3, -0.25) is 4.79 Å². The number of nitrogens with two attached hydrogens (primary N) is 1. The quantitative estimate of drug-likeness (QED) is 0.624. The third-order valence-corrected chi connectivity index (χ3v) is 6.99. The molecule has 4 saturated heterocycles. The van der Waals surface area contributed by atoms with Gasteiger partial charge in [-0.2, -0.15) is 0 Å². The summed E-state index contributed by atoms with van der Waals surface area (Å²) in [6, 6.07) is 0.281. The molecule has 0 aromatic carbocycles. The minimum absolute atomic E-state index is 0.0162. The SMILES string of the molecule is NC1CNCCC1C1CCC(C(=O)N2CCN(N3CCCC3)CC2)NC1. The molecule has 1 amide bonds. The van der Waals surface area contributed by atoms with Crippen molar-refractivity contribution in [1.29, 1.82) is 0 Å². The zero-order valence-corrected chi connectivity index (χ0v) is 16.0. The van der Waals surface area contributed by atoms with Crippen molar-refractivity contribution in [1.82, 2.24) is 25.6 Å². The predicted octanol–water partition coefficient (Wildman–Crippen LogP) is -0.554. The molecule has 4 fully saturated rings. The van der Waals surface area contributed by atoms with Crippen LogP contribution in [0.1, 0.15) is 32.1 Å². The Morgan fingerprint density at radius 1 is 0.885 bits per heavy atom. The minimum Gasteiger partial charge on any atom is -0.339 e. The number of hydrazine groups is 1. The van der Waals surface area contributed by atoms with E-state index >= 15 is 0 Å². The van der Waals surface area contributed by atoms with Crippen LogP contribution in [0.3, 0.4) is 0 Å². The summed E-state index contributed by atoms with van der Waals surface area (Å²) in [5, 5.41) is 11.9. The molecule has 26 heavy (non-hydrogen) atoms.